The van der Waals surface area contributed by atoms with Gasteiger partial charge >= 0.3 is 0 Å². The van der Waals surface area contributed by atoms with Crippen LogP contribution < -0.4 is 15.4 Å². The molecule has 1 saturated carbocycles. The van der Waals surface area contributed by atoms with Gasteiger partial charge in [0.15, 0.2) is 0 Å². The van der Waals surface area contributed by atoms with E-state index >= 15 is 0 Å². The second kappa shape index (κ2) is 9.31. The lowest BCUT2D eigenvalue weighted by Gasteiger charge is -2.10. The highest BCUT2D eigenvalue weighted by molar-refractivity contribution is 7.92. The first-order valence-electron chi connectivity index (χ1n) is 8.42. The molecule has 3 rings (SSSR count). The highest BCUT2D eigenvalue weighted by atomic mass is 35.5. The number of carbonyl (C=O) groups is 1. The van der Waals surface area contributed by atoms with E-state index in [9.17, 15) is 22.0 Å². The molecule has 0 atom stereocenters. The summed E-state index contributed by atoms with van der Waals surface area (Å²) < 4.78 is 53.3. The van der Waals surface area contributed by atoms with Crippen LogP contribution in [0.2, 0.25) is 0 Å². The molecule has 0 radical (unpaired) electrons. The normalized spacial score (nSPS) is 13.5. The molecule has 0 bridgehead atoms. The molecule has 28 heavy (non-hydrogen) atoms. The van der Waals surface area contributed by atoms with Crippen molar-refractivity contribution in [1.29, 1.82) is 0 Å². The number of amides is 1. The zero-order valence-corrected chi connectivity index (χ0v) is 16.4. The van der Waals surface area contributed by atoms with E-state index < -0.39 is 21.7 Å². The summed E-state index contributed by atoms with van der Waals surface area (Å²) in [4.78, 5) is 11.7. The minimum Gasteiger partial charge on any atom is -0.325 e. The predicted molar refractivity (Wildman–Crippen MR) is 105 cm³/mol. The van der Waals surface area contributed by atoms with Crippen LogP contribution >= 0.6 is 12.4 Å². The number of hydrogen-bond acceptors (Lipinski definition) is 4. The number of sulfonamides is 1. The second-order valence-electron chi connectivity index (χ2n) is 6.38. The van der Waals surface area contributed by atoms with Gasteiger partial charge < -0.3 is 10.6 Å². The summed E-state index contributed by atoms with van der Waals surface area (Å²) in [6, 6.07) is 8.01. The molecular formula is C18H20ClF2N3O3S. The Hall–Kier alpha value is -2.23. The average Bonchev–Trinajstić information content (AvgIpc) is 3.42. The summed E-state index contributed by atoms with van der Waals surface area (Å²) in [5.74, 6) is -1.37. The monoisotopic (exact) mass is 431 g/mol. The molecule has 10 heteroatoms. The van der Waals surface area contributed by atoms with Gasteiger partial charge in [-0.05, 0) is 61.7 Å². The molecule has 0 saturated heterocycles. The van der Waals surface area contributed by atoms with Crippen LogP contribution in [0.1, 0.15) is 12.8 Å². The molecule has 2 aromatic carbocycles. The first-order valence-corrected chi connectivity index (χ1v) is 9.90. The van der Waals surface area contributed by atoms with Crippen LogP contribution in [0.4, 0.5) is 20.2 Å². The summed E-state index contributed by atoms with van der Waals surface area (Å²) in [5, 5.41) is 5.72. The third kappa shape index (κ3) is 6.15. The summed E-state index contributed by atoms with van der Waals surface area (Å²) in [7, 11) is -4.05. The maximum absolute atomic E-state index is 13.6. The molecule has 0 aromatic heterocycles. The number of nitrogens with one attached hydrogen (secondary N) is 3. The van der Waals surface area contributed by atoms with Gasteiger partial charge in [-0.1, -0.05) is 0 Å². The molecule has 0 aliphatic heterocycles. The SMILES string of the molecule is Cl.O=C(CNCC1CC1)Nc1ccc(S(=O)(=O)Nc2ccc(F)cc2F)cc1. The van der Waals surface area contributed by atoms with E-state index in [1.54, 1.807) is 0 Å². The Kier molecular flexibility index (Phi) is 7.34. The molecule has 1 aliphatic rings. The molecule has 0 spiro atoms. The quantitative estimate of drug-likeness (QED) is 0.599. The molecule has 0 unspecified atom stereocenters. The van der Waals surface area contributed by atoms with E-state index in [-0.39, 0.29) is 35.4 Å². The Balaban J connectivity index is 0.00000280. The molecular weight excluding hydrogens is 412 g/mol. The van der Waals surface area contributed by atoms with E-state index in [0.717, 1.165) is 18.7 Å². The minimum absolute atomic E-state index is 0. The number of anilines is 2. The van der Waals surface area contributed by atoms with Gasteiger partial charge in [-0.25, -0.2) is 17.2 Å². The largest absolute Gasteiger partial charge is 0.325 e. The molecule has 0 heterocycles. The second-order valence-corrected chi connectivity index (χ2v) is 8.06. The molecule has 152 valence electrons. The van der Waals surface area contributed by atoms with E-state index in [1.165, 1.54) is 37.1 Å². The van der Waals surface area contributed by atoms with Crippen molar-refractivity contribution in [2.24, 2.45) is 5.92 Å². The standard InChI is InChI=1S/C18H19F2N3O3S.ClH/c19-13-3-8-17(16(20)9-13)23-27(25,26)15-6-4-14(5-7-15)22-18(24)11-21-10-12-1-2-12;/h3-9,12,21,23H,1-2,10-11H2,(H,22,24);1H. The van der Waals surface area contributed by atoms with Crippen molar-refractivity contribution in [2.45, 2.75) is 17.7 Å². The molecule has 3 N–H and O–H groups in total. The van der Waals surface area contributed by atoms with Crippen LogP contribution in [0.5, 0.6) is 0 Å². The fourth-order valence-corrected chi connectivity index (χ4v) is 3.48. The topological polar surface area (TPSA) is 87.3 Å². The number of halogens is 3. The van der Waals surface area contributed by atoms with Crippen molar-refractivity contribution in [3.05, 3.63) is 54.1 Å². The fourth-order valence-electron chi connectivity index (χ4n) is 2.41. The van der Waals surface area contributed by atoms with Crippen LogP contribution in [-0.2, 0) is 14.8 Å². The van der Waals surface area contributed by atoms with Crippen molar-refractivity contribution in [3.63, 3.8) is 0 Å². The Morgan fingerprint density at radius 2 is 1.75 bits per heavy atom. The van der Waals surface area contributed by atoms with Gasteiger partial charge in [0, 0.05) is 11.8 Å². The van der Waals surface area contributed by atoms with Gasteiger partial charge in [0.25, 0.3) is 10.0 Å². The number of rotatable bonds is 8. The summed E-state index contributed by atoms with van der Waals surface area (Å²) in [6.45, 7) is 0.998. The Bertz CT molecular complexity index is 936. The van der Waals surface area contributed by atoms with E-state index in [4.69, 9.17) is 0 Å². The van der Waals surface area contributed by atoms with Crippen LogP contribution in [-0.4, -0.2) is 27.4 Å². The molecule has 1 amide bonds. The summed E-state index contributed by atoms with van der Waals surface area (Å²) in [6.07, 6.45) is 2.39. The minimum atomic E-state index is -4.05. The first-order chi connectivity index (χ1) is 12.8. The van der Waals surface area contributed by atoms with E-state index in [1.807, 2.05) is 0 Å². The lowest BCUT2D eigenvalue weighted by molar-refractivity contribution is -0.115. The number of benzene rings is 2. The Morgan fingerprint density at radius 1 is 1.07 bits per heavy atom. The molecule has 6 nitrogen and oxygen atoms in total. The number of hydrogen-bond donors (Lipinski definition) is 3. The predicted octanol–water partition coefficient (Wildman–Crippen LogP) is 3.13. The smallest absolute Gasteiger partial charge is 0.261 e. The van der Waals surface area contributed by atoms with Crippen LogP contribution in [0.25, 0.3) is 0 Å². The molecule has 2 aromatic rings. The maximum Gasteiger partial charge on any atom is 0.261 e. The van der Waals surface area contributed by atoms with Gasteiger partial charge in [-0.2, -0.15) is 0 Å². The number of carbonyl (C=O) groups excluding carboxylic acids is 1. The average molecular weight is 432 g/mol. The zero-order valence-electron chi connectivity index (χ0n) is 14.7. The van der Waals surface area contributed by atoms with Gasteiger partial charge in [0.1, 0.15) is 11.6 Å². The Morgan fingerprint density at radius 3 is 2.36 bits per heavy atom. The maximum atomic E-state index is 13.6. The van der Waals surface area contributed by atoms with Gasteiger partial charge in [0.2, 0.25) is 5.91 Å². The highest BCUT2D eigenvalue weighted by Gasteiger charge is 2.20. The third-order valence-electron chi connectivity index (χ3n) is 4.04. The fraction of sp³-hybridized carbons (Fsp3) is 0.278. The van der Waals surface area contributed by atoms with Crippen molar-refractivity contribution < 1.29 is 22.0 Å². The molecule has 1 fully saturated rings. The lowest BCUT2D eigenvalue weighted by atomic mass is 10.3. The van der Waals surface area contributed by atoms with Crippen molar-refractivity contribution in [3.8, 4) is 0 Å². The third-order valence-corrected chi connectivity index (χ3v) is 5.42. The van der Waals surface area contributed by atoms with E-state index in [2.05, 4.69) is 15.4 Å². The van der Waals surface area contributed by atoms with Gasteiger partial charge in [-0.3, -0.25) is 9.52 Å². The molecule has 1 aliphatic carbocycles. The highest BCUT2D eigenvalue weighted by Crippen LogP contribution is 2.27. The zero-order chi connectivity index (χ0) is 19.4. The summed E-state index contributed by atoms with van der Waals surface area (Å²) >= 11 is 0. The lowest BCUT2D eigenvalue weighted by Crippen LogP contribution is -2.29. The van der Waals surface area contributed by atoms with Crippen molar-refractivity contribution >= 4 is 39.7 Å². The van der Waals surface area contributed by atoms with Crippen LogP contribution in [0.3, 0.4) is 0 Å². The first kappa shape index (κ1) is 22.1. The van der Waals surface area contributed by atoms with Crippen LogP contribution in [0.15, 0.2) is 47.4 Å². The Labute approximate surface area is 168 Å². The summed E-state index contributed by atoms with van der Waals surface area (Å²) in [5.41, 5.74) is 0.0932. The van der Waals surface area contributed by atoms with Crippen molar-refractivity contribution in [2.75, 3.05) is 23.1 Å². The van der Waals surface area contributed by atoms with Crippen LogP contribution in [0, 0.1) is 17.6 Å². The van der Waals surface area contributed by atoms with Gasteiger partial charge in [-0.15, -0.1) is 12.4 Å². The van der Waals surface area contributed by atoms with Gasteiger partial charge in [0.05, 0.1) is 17.1 Å². The van der Waals surface area contributed by atoms with Crippen molar-refractivity contribution in [1.82, 2.24) is 5.32 Å². The van der Waals surface area contributed by atoms with E-state index in [0.29, 0.717) is 17.7 Å².